The topological polar surface area (TPSA) is 22.1 Å². The molecule has 0 radical (unpaired) electrons. The second-order valence-electron chi connectivity index (χ2n) is 9.23. The van der Waals surface area contributed by atoms with Gasteiger partial charge in [-0.15, -0.1) is 0 Å². The summed E-state index contributed by atoms with van der Waals surface area (Å²) in [6.45, 7) is 5.41. The molecule has 2 aromatic rings. The van der Waals surface area contributed by atoms with Gasteiger partial charge in [-0.2, -0.15) is 0 Å². The van der Waals surface area contributed by atoms with Gasteiger partial charge in [-0.1, -0.05) is 71.3 Å². The van der Waals surface area contributed by atoms with Gasteiger partial charge in [-0.3, -0.25) is 4.98 Å². The quantitative estimate of drug-likeness (QED) is 0.330. The summed E-state index contributed by atoms with van der Waals surface area (Å²) >= 11 is 0. The molecule has 1 aliphatic rings. The molecule has 1 heterocycles. The van der Waals surface area contributed by atoms with Crippen LogP contribution in [-0.2, 0) is 6.42 Å². The lowest BCUT2D eigenvalue weighted by atomic mass is 9.80. The average molecular weight is 408 g/mol. The highest BCUT2D eigenvalue weighted by molar-refractivity contribution is 5.60. The summed E-state index contributed by atoms with van der Waals surface area (Å²) in [6.07, 6.45) is 18.1. The van der Waals surface area contributed by atoms with Crippen molar-refractivity contribution in [2.75, 3.05) is 6.61 Å². The minimum Gasteiger partial charge on any atom is -0.493 e. The van der Waals surface area contributed by atoms with E-state index in [1.54, 1.807) is 0 Å². The molecule has 1 aromatic heterocycles. The molecule has 164 valence electrons. The fourth-order valence-corrected chi connectivity index (χ4v) is 4.63. The number of aromatic nitrogens is 1. The van der Waals surface area contributed by atoms with Gasteiger partial charge in [-0.25, -0.2) is 0 Å². The third-order valence-electron chi connectivity index (χ3n) is 6.71. The lowest BCUT2D eigenvalue weighted by Gasteiger charge is -2.28. The lowest BCUT2D eigenvalue weighted by molar-refractivity contribution is 0.177. The summed E-state index contributed by atoms with van der Waals surface area (Å²) in [4.78, 5) is 4.67. The first-order valence-electron chi connectivity index (χ1n) is 12.5. The SMILES string of the molecule is CCCCCc1ccc(-c2ccc(OCC3CCC(CCCCC)CC3)cc2)nc1. The van der Waals surface area contributed by atoms with Crippen molar-refractivity contribution in [2.45, 2.75) is 90.9 Å². The van der Waals surface area contributed by atoms with E-state index in [0.717, 1.165) is 41.9 Å². The summed E-state index contributed by atoms with van der Waals surface area (Å²) in [7, 11) is 0. The molecule has 1 fully saturated rings. The average Bonchev–Trinajstić information content (AvgIpc) is 2.80. The van der Waals surface area contributed by atoms with E-state index < -0.39 is 0 Å². The Hall–Kier alpha value is -1.83. The van der Waals surface area contributed by atoms with Gasteiger partial charge >= 0.3 is 0 Å². The minimum atomic E-state index is 0.731. The van der Waals surface area contributed by atoms with Crippen molar-refractivity contribution in [1.82, 2.24) is 4.98 Å². The summed E-state index contributed by atoms with van der Waals surface area (Å²) < 4.78 is 6.12. The number of unbranched alkanes of at least 4 members (excludes halogenated alkanes) is 4. The van der Waals surface area contributed by atoms with Gasteiger partial charge in [0.15, 0.2) is 0 Å². The Morgan fingerprint density at radius 1 is 0.800 bits per heavy atom. The number of aryl methyl sites for hydroxylation is 1. The summed E-state index contributed by atoms with van der Waals surface area (Å²) in [5.41, 5.74) is 3.55. The molecule has 0 amide bonds. The normalized spacial score (nSPS) is 19.0. The summed E-state index contributed by atoms with van der Waals surface area (Å²) in [5, 5.41) is 0. The molecule has 1 aromatic carbocycles. The van der Waals surface area contributed by atoms with Crippen LogP contribution in [0, 0.1) is 11.8 Å². The van der Waals surface area contributed by atoms with Gasteiger partial charge in [0.05, 0.1) is 12.3 Å². The zero-order valence-electron chi connectivity index (χ0n) is 19.2. The van der Waals surface area contributed by atoms with E-state index in [2.05, 4.69) is 55.2 Å². The van der Waals surface area contributed by atoms with Gasteiger partial charge < -0.3 is 4.74 Å². The van der Waals surface area contributed by atoms with Crippen molar-refractivity contribution in [3.05, 3.63) is 48.2 Å². The van der Waals surface area contributed by atoms with Crippen LogP contribution in [0.5, 0.6) is 5.75 Å². The first-order valence-corrected chi connectivity index (χ1v) is 12.5. The number of hydrogen-bond donors (Lipinski definition) is 0. The molecule has 3 rings (SSSR count). The maximum Gasteiger partial charge on any atom is 0.119 e. The predicted octanol–water partition coefficient (Wildman–Crippen LogP) is 8.25. The fourth-order valence-electron chi connectivity index (χ4n) is 4.63. The van der Waals surface area contributed by atoms with Crippen LogP contribution in [0.2, 0.25) is 0 Å². The second-order valence-corrected chi connectivity index (χ2v) is 9.23. The largest absolute Gasteiger partial charge is 0.493 e. The molecule has 0 aliphatic heterocycles. The Kier molecular flexibility index (Phi) is 9.73. The number of ether oxygens (including phenoxy) is 1. The highest BCUT2D eigenvalue weighted by Crippen LogP contribution is 2.32. The Morgan fingerprint density at radius 2 is 1.50 bits per heavy atom. The van der Waals surface area contributed by atoms with Gasteiger partial charge in [-0.05, 0) is 73.4 Å². The molecule has 0 spiro atoms. The van der Waals surface area contributed by atoms with Crippen molar-refractivity contribution >= 4 is 0 Å². The van der Waals surface area contributed by atoms with Crippen molar-refractivity contribution in [3.8, 4) is 17.0 Å². The molecule has 2 nitrogen and oxygen atoms in total. The minimum absolute atomic E-state index is 0.731. The molecule has 0 bridgehead atoms. The van der Waals surface area contributed by atoms with Crippen molar-refractivity contribution in [3.63, 3.8) is 0 Å². The maximum absolute atomic E-state index is 6.12. The highest BCUT2D eigenvalue weighted by Gasteiger charge is 2.21. The lowest BCUT2D eigenvalue weighted by Crippen LogP contribution is -2.20. The molecule has 0 atom stereocenters. The zero-order valence-corrected chi connectivity index (χ0v) is 19.2. The van der Waals surface area contributed by atoms with Gasteiger partial charge in [0.25, 0.3) is 0 Å². The van der Waals surface area contributed by atoms with Crippen LogP contribution in [0.25, 0.3) is 11.3 Å². The van der Waals surface area contributed by atoms with Crippen LogP contribution in [0.15, 0.2) is 42.6 Å². The summed E-state index contributed by atoms with van der Waals surface area (Å²) in [6, 6.07) is 12.8. The molecule has 0 saturated heterocycles. The molecular weight excluding hydrogens is 366 g/mol. The number of pyridine rings is 1. The highest BCUT2D eigenvalue weighted by atomic mass is 16.5. The number of nitrogens with zero attached hydrogens (tertiary/aromatic N) is 1. The maximum atomic E-state index is 6.12. The van der Waals surface area contributed by atoms with Crippen LogP contribution >= 0.6 is 0 Å². The van der Waals surface area contributed by atoms with E-state index >= 15 is 0 Å². The van der Waals surface area contributed by atoms with Gasteiger partial charge in [0.1, 0.15) is 5.75 Å². The fraction of sp³-hybridized carbons (Fsp3) is 0.607. The number of rotatable bonds is 12. The Labute approximate surface area is 184 Å². The van der Waals surface area contributed by atoms with Crippen LogP contribution in [-0.4, -0.2) is 11.6 Å². The first-order chi connectivity index (χ1) is 14.8. The van der Waals surface area contributed by atoms with E-state index in [4.69, 9.17) is 4.74 Å². The predicted molar refractivity (Wildman–Crippen MR) is 128 cm³/mol. The standard InChI is InChI=1S/C28H41NO/c1-3-5-7-9-23-11-13-25(14-12-23)22-30-27-18-16-26(17-19-27)28-20-15-24(21-29-28)10-8-6-4-2/h15-21,23,25H,3-14,22H2,1-2H3. The second kappa shape index (κ2) is 12.8. The summed E-state index contributed by atoms with van der Waals surface area (Å²) in [5.74, 6) is 2.69. The van der Waals surface area contributed by atoms with Crippen LogP contribution in [0.4, 0.5) is 0 Å². The molecule has 0 unspecified atom stereocenters. The first kappa shape index (κ1) is 22.8. The number of hydrogen-bond acceptors (Lipinski definition) is 2. The van der Waals surface area contributed by atoms with E-state index in [1.807, 2.05) is 6.20 Å². The van der Waals surface area contributed by atoms with Crippen LogP contribution < -0.4 is 4.74 Å². The third kappa shape index (κ3) is 7.45. The van der Waals surface area contributed by atoms with Crippen molar-refractivity contribution < 1.29 is 4.74 Å². The van der Waals surface area contributed by atoms with Crippen LogP contribution in [0.3, 0.4) is 0 Å². The third-order valence-corrected chi connectivity index (χ3v) is 6.71. The van der Waals surface area contributed by atoms with E-state index in [-0.39, 0.29) is 0 Å². The van der Waals surface area contributed by atoms with Gasteiger partial charge in [0.2, 0.25) is 0 Å². The van der Waals surface area contributed by atoms with E-state index in [0.29, 0.717) is 0 Å². The molecule has 30 heavy (non-hydrogen) atoms. The number of benzene rings is 1. The van der Waals surface area contributed by atoms with Crippen molar-refractivity contribution in [1.29, 1.82) is 0 Å². The molecular formula is C28H41NO. The van der Waals surface area contributed by atoms with E-state index in [9.17, 15) is 0 Å². The smallest absolute Gasteiger partial charge is 0.119 e. The Bertz CT molecular complexity index is 698. The molecule has 0 N–H and O–H groups in total. The molecule has 2 heteroatoms. The Balaban J connectivity index is 1.41. The van der Waals surface area contributed by atoms with Crippen LogP contribution in [0.1, 0.15) is 90.0 Å². The van der Waals surface area contributed by atoms with Crippen molar-refractivity contribution in [2.24, 2.45) is 11.8 Å². The van der Waals surface area contributed by atoms with Gasteiger partial charge in [0, 0.05) is 11.8 Å². The Morgan fingerprint density at radius 3 is 2.17 bits per heavy atom. The molecule has 1 saturated carbocycles. The zero-order chi connectivity index (χ0) is 21.0. The monoisotopic (exact) mass is 407 g/mol. The van der Waals surface area contributed by atoms with E-state index in [1.165, 1.54) is 76.2 Å². The molecule has 1 aliphatic carbocycles.